The Morgan fingerprint density at radius 2 is 1.70 bits per heavy atom. The Kier molecular flexibility index (Phi) is 6.04. The molecular formula is C17H24N2O4. The number of hydrogen-bond acceptors (Lipinski definition) is 4. The molecule has 2 atom stereocenters. The van der Waals surface area contributed by atoms with Crippen LogP contribution < -0.4 is 10.6 Å². The fraction of sp³-hybridized carbons (Fsp3) is 0.471. The van der Waals surface area contributed by atoms with E-state index in [-0.39, 0.29) is 12.3 Å². The van der Waals surface area contributed by atoms with E-state index in [4.69, 9.17) is 5.73 Å². The summed E-state index contributed by atoms with van der Waals surface area (Å²) in [4.78, 5) is 38.2. The summed E-state index contributed by atoms with van der Waals surface area (Å²) < 4.78 is 0. The topological polar surface area (TPSA) is 101 Å². The summed E-state index contributed by atoms with van der Waals surface area (Å²) >= 11 is 0. The molecule has 6 heteroatoms. The minimum absolute atomic E-state index is 0.00498. The number of amides is 1. The summed E-state index contributed by atoms with van der Waals surface area (Å²) in [5.41, 5.74) is 4.08. The second-order valence-corrected chi connectivity index (χ2v) is 6.12. The first-order chi connectivity index (χ1) is 10.6. The number of para-hydroxylation sites is 1. The van der Waals surface area contributed by atoms with Gasteiger partial charge in [-0.1, -0.05) is 32.0 Å². The van der Waals surface area contributed by atoms with Crippen LogP contribution in [0, 0.1) is 5.92 Å². The molecule has 126 valence electrons. The van der Waals surface area contributed by atoms with Crippen LogP contribution in [0.3, 0.4) is 0 Å². The standard InChI is InChI=1S/C17H24N2O4/c1-11(2)10-17(13(4)20,16(22)23)19(15(21)12(3)18)14-8-6-5-7-9-14/h5-9,11-12H,10,18H2,1-4H3,(H,22,23). The predicted molar refractivity (Wildman–Crippen MR) is 88.1 cm³/mol. The van der Waals surface area contributed by atoms with Crippen molar-refractivity contribution < 1.29 is 19.5 Å². The Labute approximate surface area is 136 Å². The zero-order valence-electron chi connectivity index (χ0n) is 13.9. The Morgan fingerprint density at radius 1 is 1.17 bits per heavy atom. The largest absolute Gasteiger partial charge is 0.479 e. The van der Waals surface area contributed by atoms with E-state index < -0.39 is 29.2 Å². The molecule has 0 saturated heterocycles. The number of nitrogens with zero attached hydrogens (tertiary/aromatic N) is 1. The molecule has 0 heterocycles. The molecule has 0 spiro atoms. The maximum absolute atomic E-state index is 12.7. The van der Waals surface area contributed by atoms with Crippen LogP contribution in [0.15, 0.2) is 30.3 Å². The zero-order valence-corrected chi connectivity index (χ0v) is 13.9. The molecule has 1 aromatic rings. The van der Waals surface area contributed by atoms with Gasteiger partial charge in [0.25, 0.3) is 0 Å². The molecule has 0 bridgehead atoms. The summed E-state index contributed by atoms with van der Waals surface area (Å²) in [5, 5.41) is 9.85. The van der Waals surface area contributed by atoms with Gasteiger partial charge in [-0.05, 0) is 38.3 Å². The summed E-state index contributed by atoms with van der Waals surface area (Å²) in [6.07, 6.45) is 0.00498. The van der Waals surface area contributed by atoms with E-state index in [1.54, 1.807) is 44.2 Å². The predicted octanol–water partition coefficient (Wildman–Crippen LogP) is 1.83. The molecule has 0 aromatic heterocycles. The van der Waals surface area contributed by atoms with Crippen molar-refractivity contribution in [3.8, 4) is 0 Å². The Morgan fingerprint density at radius 3 is 2.04 bits per heavy atom. The van der Waals surface area contributed by atoms with Gasteiger partial charge in [-0.25, -0.2) is 4.79 Å². The first-order valence-corrected chi connectivity index (χ1v) is 7.53. The molecule has 2 unspecified atom stereocenters. The molecular weight excluding hydrogens is 296 g/mol. The number of hydrogen-bond donors (Lipinski definition) is 2. The third-order valence-corrected chi connectivity index (χ3v) is 3.65. The number of nitrogens with two attached hydrogens (primary N) is 1. The minimum Gasteiger partial charge on any atom is -0.479 e. The molecule has 6 nitrogen and oxygen atoms in total. The SMILES string of the molecule is CC(=O)C(CC(C)C)(C(=O)O)N(C(=O)C(C)N)c1ccccc1. The molecule has 23 heavy (non-hydrogen) atoms. The van der Waals surface area contributed by atoms with Gasteiger partial charge in [0.15, 0.2) is 5.78 Å². The lowest BCUT2D eigenvalue weighted by atomic mass is 9.82. The third kappa shape index (κ3) is 3.76. The lowest BCUT2D eigenvalue weighted by Gasteiger charge is -2.40. The monoisotopic (exact) mass is 320 g/mol. The molecule has 0 radical (unpaired) electrons. The number of carbonyl (C=O) groups is 3. The highest BCUT2D eigenvalue weighted by Gasteiger charge is 2.52. The van der Waals surface area contributed by atoms with Crippen molar-refractivity contribution in [2.75, 3.05) is 4.90 Å². The number of carboxylic acid groups (broad SMARTS) is 1. The number of anilines is 1. The van der Waals surface area contributed by atoms with Crippen molar-refractivity contribution in [1.29, 1.82) is 0 Å². The van der Waals surface area contributed by atoms with Gasteiger partial charge in [-0.15, -0.1) is 0 Å². The van der Waals surface area contributed by atoms with Crippen LogP contribution in [0.5, 0.6) is 0 Å². The number of benzene rings is 1. The van der Waals surface area contributed by atoms with Gasteiger partial charge < -0.3 is 10.8 Å². The number of rotatable bonds is 7. The van der Waals surface area contributed by atoms with Gasteiger partial charge in [-0.2, -0.15) is 0 Å². The lowest BCUT2D eigenvalue weighted by molar-refractivity contribution is -0.150. The molecule has 0 aliphatic carbocycles. The molecule has 0 aliphatic heterocycles. The number of ketones is 1. The van der Waals surface area contributed by atoms with Crippen LogP contribution in [-0.4, -0.2) is 34.3 Å². The number of aliphatic carboxylic acids is 1. The summed E-state index contributed by atoms with van der Waals surface area (Å²) in [5.74, 6) is -2.66. The van der Waals surface area contributed by atoms with E-state index in [9.17, 15) is 19.5 Å². The highest BCUT2D eigenvalue weighted by Crippen LogP contribution is 2.32. The van der Waals surface area contributed by atoms with E-state index in [1.165, 1.54) is 13.8 Å². The van der Waals surface area contributed by atoms with Crippen LogP contribution in [0.25, 0.3) is 0 Å². The van der Waals surface area contributed by atoms with Crippen molar-refractivity contribution in [1.82, 2.24) is 0 Å². The van der Waals surface area contributed by atoms with Gasteiger partial charge in [0.2, 0.25) is 11.4 Å². The van der Waals surface area contributed by atoms with Gasteiger partial charge in [0.1, 0.15) is 0 Å². The Bertz CT molecular complexity index is 568. The smallest absolute Gasteiger partial charge is 0.337 e. The zero-order chi connectivity index (χ0) is 17.8. The quantitative estimate of drug-likeness (QED) is 0.746. The minimum atomic E-state index is -1.97. The molecule has 0 fully saturated rings. The fourth-order valence-corrected chi connectivity index (χ4v) is 2.63. The average molecular weight is 320 g/mol. The number of Topliss-reactive ketones (excluding diaryl/α,β-unsaturated/α-hetero) is 1. The fourth-order valence-electron chi connectivity index (χ4n) is 2.63. The van der Waals surface area contributed by atoms with E-state index in [1.807, 2.05) is 0 Å². The number of carboxylic acids is 1. The van der Waals surface area contributed by atoms with Crippen LogP contribution in [-0.2, 0) is 14.4 Å². The van der Waals surface area contributed by atoms with Crippen LogP contribution in [0.2, 0.25) is 0 Å². The van der Waals surface area contributed by atoms with Crippen LogP contribution in [0.4, 0.5) is 5.69 Å². The third-order valence-electron chi connectivity index (χ3n) is 3.65. The van der Waals surface area contributed by atoms with E-state index in [0.717, 1.165) is 4.90 Å². The van der Waals surface area contributed by atoms with E-state index in [2.05, 4.69) is 0 Å². The molecule has 0 aliphatic rings. The maximum Gasteiger partial charge on any atom is 0.337 e. The lowest BCUT2D eigenvalue weighted by Crippen LogP contribution is -2.65. The van der Waals surface area contributed by atoms with Gasteiger partial charge in [0.05, 0.1) is 6.04 Å². The van der Waals surface area contributed by atoms with Crippen molar-refractivity contribution in [3.63, 3.8) is 0 Å². The maximum atomic E-state index is 12.7. The van der Waals surface area contributed by atoms with Crippen LogP contribution in [0.1, 0.15) is 34.1 Å². The number of carbonyl (C=O) groups excluding carboxylic acids is 2. The van der Waals surface area contributed by atoms with Crippen molar-refractivity contribution >= 4 is 23.3 Å². The molecule has 1 amide bonds. The summed E-state index contributed by atoms with van der Waals surface area (Å²) in [6, 6.07) is 7.37. The van der Waals surface area contributed by atoms with Gasteiger partial charge in [0, 0.05) is 5.69 Å². The average Bonchev–Trinajstić information content (AvgIpc) is 2.46. The Balaban J connectivity index is 3.65. The van der Waals surface area contributed by atoms with Crippen molar-refractivity contribution in [2.45, 2.75) is 45.7 Å². The second kappa shape index (κ2) is 7.37. The highest BCUT2D eigenvalue weighted by molar-refractivity contribution is 6.17. The van der Waals surface area contributed by atoms with Gasteiger partial charge >= 0.3 is 5.97 Å². The summed E-state index contributed by atoms with van der Waals surface area (Å²) in [7, 11) is 0. The van der Waals surface area contributed by atoms with Crippen LogP contribution >= 0.6 is 0 Å². The molecule has 3 N–H and O–H groups in total. The molecule has 0 saturated carbocycles. The summed E-state index contributed by atoms with van der Waals surface area (Å²) in [6.45, 7) is 6.28. The first-order valence-electron chi connectivity index (χ1n) is 7.53. The highest BCUT2D eigenvalue weighted by atomic mass is 16.4. The van der Waals surface area contributed by atoms with E-state index in [0.29, 0.717) is 5.69 Å². The van der Waals surface area contributed by atoms with Crippen molar-refractivity contribution in [2.24, 2.45) is 11.7 Å². The molecule has 1 aromatic carbocycles. The van der Waals surface area contributed by atoms with E-state index >= 15 is 0 Å². The molecule has 1 rings (SSSR count). The van der Waals surface area contributed by atoms with Gasteiger partial charge in [-0.3, -0.25) is 14.5 Å². The first kappa shape index (κ1) is 18.8. The van der Waals surface area contributed by atoms with Crippen molar-refractivity contribution in [3.05, 3.63) is 30.3 Å². The second-order valence-electron chi connectivity index (χ2n) is 6.12. The normalized spacial score (nSPS) is 14.9. The Hall–Kier alpha value is -2.21.